The summed E-state index contributed by atoms with van der Waals surface area (Å²) in [5, 5.41) is 8.94. The molecule has 1 aliphatic heterocycles. The quantitative estimate of drug-likeness (QED) is 0.853. The van der Waals surface area contributed by atoms with Crippen LogP contribution in [0.2, 0.25) is 0 Å². The van der Waals surface area contributed by atoms with E-state index in [-0.39, 0.29) is 0 Å². The van der Waals surface area contributed by atoms with E-state index in [2.05, 4.69) is 11.0 Å². The molecule has 1 aromatic carbocycles. The molecule has 2 N–H and O–H groups in total. The van der Waals surface area contributed by atoms with Gasteiger partial charge in [0.05, 0.1) is 24.4 Å². The molecule has 1 atom stereocenters. The maximum absolute atomic E-state index is 8.94. The minimum atomic E-state index is 0.547. The van der Waals surface area contributed by atoms with Crippen LogP contribution in [0.5, 0.6) is 5.75 Å². The Morgan fingerprint density at radius 1 is 1.59 bits per heavy atom. The molecule has 4 heteroatoms. The highest BCUT2D eigenvalue weighted by molar-refractivity contribution is 5.62. The topological polar surface area (TPSA) is 62.3 Å². The summed E-state index contributed by atoms with van der Waals surface area (Å²) in [6, 6.07) is 7.67. The molecule has 0 aromatic heterocycles. The second kappa shape index (κ2) is 5.07. The minimum Gasteiger partial charge on any atom is -0.495 e. The summed E-state index contributed by atoms with van der Waals surface area (Å²) in [5.41, 5.74) is 7.36. The standard InChI is InChI=1S/C13H17N3O/c1-17-13-3-2-10(7-14)6-12(13)16-5-4-11(8-15)9-16/h2-3,6,11H,4-5,8-9,15H2,1H3. The molecule has 0 bridgehead atoms. The van der Waals surface area contributed by atoms with Crippen LogP contribution < -0.4 is 15.4 Å². The van der Waals surface area contributed by atoms with Gasteiger partial charge >= 0.3 is 0 Å². The highest BCUT2D eigenvalue weighted by Crippen LogP contribution is 2.32. The van der Waals surface area contributed by atoms with Crippen LogP contribution in [-0.2, 0) is 0 Å². The molecule has 1 aliphatic rings. The van der Waals surface area contributed by atoms with Gasteiger partial charge in [0.2, 0.25) is 0 Å². The lowest BCUT2D eigenvalue weighted by atomic mass is 10.1. The molecule has 1 fully saturated rings. The van der Waals surface area contributed by atoms with Crippen LogP contribution in [0.4, 0.5) is 5.69 Å². The van der Waals surface area contributed by atoms with Crippen LogP contribution >= 0.6 is 0 Å². The Labute approximate surface area is 102 Å². The number of anilines is 1. The van der Waals surface area contributed by atoms with Gasteiger partial charge in [0.25, 0.3) is 0 Å². The van der Waals surface area contributed by atoms with E-state index in [9.17, 15) is 0 Å². The Morgan fingerprint density at radius 3 is 3.00 bits per heavy atom. The largest absolute Gasteiger partial charge is 0.495 e. The number of methoxy groups -OCH3 is 1. The number of nitrogens with two attached hydrogens (primary N) is 1. The highest BCUT2D eigenvalue weighted by Gasteiger charge is 2.23. The van der Waals surface area contributed by atoms with Crippen LogP contribution in [0.3, 0.4) is 0 Å². The fourth-order valence-corrected chi connectivity index (χ4v) is 2.25. The molecule has 1 saturated heterocycles. The third kappa shape index (κ3) is 2.34. The number of nitrogens with zero attached hydrogens (tertiary/aromatic N) is 2. The van der Waals surface area contributed by atoms with Gasteiger partial charge < -0.3 is 15.4 Å². The number of ether oxygens (including phenoxy) is 1. The molecule has 1 aromatic rings. The molecule has 1 heterocycles. The van der Waals surface area contributed by atoms with Crippen molar-refractivity contribution in [3.63, 3.8) is 0 Å². The molecule has 4 nitrogen and oxygen atoms in total. The lowest BCUT2D eigenvalue weighted by molar-refractivity contribution is 0.414. The van der Waals surface area contributed by atoms with Gasteiger partial charge in [-0.15, -0.1) is 0 Å². The SMILES string of the molecule is COc1ccc(C#N)cc1N1CCC(CN)C1. The van der Waals surface area contributed by atoms with Gasteiger partial charge in [-0.2, -0.15) is 5.26 Å². The van der Waals surface area contributed by atoms with E-state index in [1.165, 1.54) is 0 Å². The predicted octanol–water partition coefficient (Wildman–Crippen LogP) is 1.35. The Hall–Kier alpha value is -1.73. The van der Waals surface area contributed by atoms with Crippen molar-refractivity contribution < 1.29 is 4.74 Å². The number of rotatable bonds is 3. The van der Waals surface area contributed by atoms with Gasteiger partial charge in [0.15, 0.2) is 0 Å². The number of hydrogen-bond donors (Lipinski definition) is 1. The average Bonchev–Trinajstić information content (AvgIpc) is 2.86. The molecule has 0 saturated carbocycles. The third-order valence-electron chi connectivity index (χ3n) is 3.27. The summed E-state index contributed by atoms with van der Waals surface area (Å²) >= 11 is 0. The number of nitriles is 1. The van der Waals surface area contributed by atoms with Gasteiger partial charge in [-0.3, -0.25) is 0 Å². The summed E-state index contributed by atoms with van der Waals surface area (Å²) in [5.74, 6) is 1.37. The molecule has 2 rings (SSSR count). The van der Waals surface area contributed by atoms with Crippen molar-refractivity contribution in [3.8, 4) is 11.8 Å². The first-order chi connectivity index (χ1) is 8.28. The Morgan fingerprint density at radius 2 is 2.41 bits per heavy atom. The van der Waals surface area contributed by atoms with E-state index in [0.29, 0.717) is 11.5 Å². The van der Waals surface area contributed by atoms with Crippen molar-refractivity contribution in [1.82, 2.24) is 0 Å². The van der Waals surface area contributed by atoms with Crippen molar-refractivity contribution in [2.45, 2.75) is 6.42 Å². The maximum atomic E-state index is 8.94. The summed E-state index contributed by atoms with van der Waals surface area (Å²) in [6.45, 7) is 2.64. The van der Waals surface area contributed by atoms with E-state index < -0.39 is 0 Å². The first kappa shape index (κ1) is 11.7. The first-order valence-electron chi connectivity index (χ1n) is 5.81. The first-order valence-corrected chi connectivity index (χ1v) is 5.81. The molecule has 17 heavy (non-hydrogen) atoms. The molecule has 1 unspecified atom stereocenters. The molecule has 0 spiro atoms. The zero-order valence-corrected chi connectivity index (χ0v) is 10.0. The molecular weight excluding hydrogens is 214 g/mol. The molecular formula is C13H17N3O. The van der Waals surface area contributed by atoms with E-state index in [1.807, 2.05) is 12.1 Å². The lowest BCUT2D eigenvalue weighted by Gasteiger charge is -2.21. The summed E-state index contributed by atoms with van der Waals surface area (Å²) in [7, 11) is 1.65. The normalized spacial score (nSPS) is 19.1. The van der Waals surface area contributed by atoms with E-state index in [1.54, 1.807) is 13.2 Å². The maximum Gasteiger partial charge on any atom is 0.142 e. The summed E-state index contributed by atoms with van der Waals surface area (Å²) in [6.07, 6.45) is 1.11. The van der Waals surface area contributed by atoms with Crippen LogP contribution in [0.25, 0.3) is 0 Å². The van der Waals surface area contributed by atoms with E-state index in [4.69, 9.17) is 15.7 Å². The van der Waals surface area contributed by atoms with E-state index >= 15 is 0 Å². The molecule has 90 valence electrons. The minimum absolute atomic E-state index is 0.547. The molecule has 0 amide bonds. The van der Waals surface area contributed by atoms with Crippen molar-refractivity contribution in [1.29, 1.82) is 5.26 Å². The third-order valence-corrected chi connectivity index (χ3v) is 3.27. The van der Waals surface area contributed by atoms with Crippen molar-refractivity contribution in [2.24, 2.45) is 11.7 Å². The second-order valence-electron chi connectivity index (χ2n) is 4.33. The van der Waals surface area contributed by atoms with Crippen molar-refractivity contribution in [2.75, 3.05) is 31.6 Å². The predicted molar refractivity (Wildman–Crippen MR) is 67.1 cm³/mol. The summed E-state index contributed by atoms with van der Waals surface area (Å²) in [4.78, 5) is 2.25. The number of hydrogen-bond acceptors (Lipinski definition) is 4. The Balaban J connectivity index is 2.27. The van der Waals surface area contributed by atoms with Crippen LogP contribution in [-0.4, -0.2) is 26.7 Å². The van der Waals surface area contributed by atoms with Gasteiger partial charge in [0.1, 0.15) is 5.75 Å². The molecule has 0 radical (unpaired) electrons. The van der Waals surface area contributed by atoms with Crippen LogP contribution in [0.15, 0.2) is 18.2 Å². The second-order valence-corrected chi connectivity index (χ2v) is 4.33. The Kier molecular flexibility index (Phi) is 3.50. The number of benzene rings is 1. The van der Waals surface area contributed by atoms with Gasteiger partial charge in [0, 0.05) is 13.1 Å². The molecule has 0 aliphatic carbocycles. The average molecular weight is 231 g/mol. The Bertz CT molecular complexity index is 439. The zero-order chi connectivity index (χ0) is 12.3. The van der Waals surface area contributed by atoms with Crippen molar-refractivity contribution in [3.05, 3.63) is 23.8 Å². The van der Waals surface area contributed by atoms with Gasteiger partial charge in [-0.1, -0.05) is 0 Å². The smallest absolute Gasteiger partial charge is 0.142 e. The highest BCUT2D eigenvalue weighted by atomic mass is 16.5. The fraction of sp³-hybridized carbons (Fsp3) is 0.462. The van der Waals surface area contributed by atoms with Crippen LogP contribution in [0.1, 0.15) is 12.0 Å². The summed E-state index contributed by atoms with van der Waals surface area (Å²) < 4.78 is 5.34. The fourth-order valence-electron chi connectivity index (χ4n) is 2.25. The lowest BCUT2D eigenvalue weighted by Crippen LogP contribution is -2.23. The van der Waals surface area contributed by atoms with E-state index in [0.717, 1.165) is 37.5 Å². The van der Waals surface area contributed by atoms with Gasteiger partial charge in [-0.25, -0.2) is 0 Å². The van der Waals surface area contributed by atoms with Gasteiger partial charge in [-0.05, 0) is 37.1 Å². The van der Waals surface area contributed by atoms with Crippen molar-refractivity contribution >= 4 is 5.69 Å². The monoisotopic (exact) mass is 231 g/mol. The zero-order valence-electron chi connectivity index (χ0n) is 10.0. The van der Waals surface area contributed by atoms with Crippen LogP contribution in [0, 0.1) is 17.2 Å².